The van der Waals surface area contributed by atoms with Crippen LogP contribution >= 0.6 is 15.9 Å². The molecule has 1 aliphatic heterocycles. The van der Waals surface area contributed by atoms with Crippen molar-refractivity contribution < 1.29 is 19.3 Å². The molecular formula is C10H12BrNO4. The number of halogens is 1. The average Bonchev–Trinajstić information content (AvgIpc) is 2.73. The number of benzene rings is 1. The molecule has 5 nitrogen and oxygen atoms in total. The summed E-state index contributed by atoms with van der Waals surface area (Å²) >= 11 is 3.36. The number of methoxy groups -OCH3 is 1. The minimum Gasteiger partial charge on any atom is -0.495 e. The van der Waals surface area contributed by atoms with Crippen LogP contribution in [0.25, 0.3) is 0 Å². The van der Waals surface area contributed by atoms with Crippen LogP contribution in [0, 0.1) is 0 Å². The number of ether oxygens (including phenoxy) is 3. The molecule has 16 heavy (non-hydrogen) atoms. The molecule has 2 rings (SSSR count). The Labute approximate surface area is 101 Å². The van der Waals surface area contributed by atoms with E-state index in [1.165, 1.54) is 7.11 Å². The largest absolute Gasteiger partial charge is 0.495 e. The predicted octanol–water partition coefficient (Wildman–Crippen LogP) is 1.18. The molecule has 0 radical (unpaired) electrons. The Morgan fingerprint density at radius 2 is 2.38 bits per heavy atom. The first-order chi connectivity index (χ1) is 7.69. The van der Waals surface area contributed by atoms with Crippen LogP contribution in [0.2, 0.25) is 0 Å². The second-order valence-corrected chi connectivity index (χ2v) is 4.18. The Bertz CT molecular complexity index is 407. The maximum Gasteiger partial charge on any atom is 0.231 e. The Hall–Kier alpha value is -0.980. The molecule has 1 aliphatic rings. The van der Waals surface area contributed by atoms with Gasteiger partial charge < -0.3 is 25.1 Å². The normalized spacial score (nSPS) is 15.0. The van der Waals surface area contributed by atoms with Gasteiger partial charge in [-0.2, -0.15) is 0 Å². The molecule has 1 heterocycles. The Morgan fingerprint density at radius 1 is 1.62 bits per heavy atom. The fourth-order valence-corrected chi connectivity index (χ4v) is 2.24. The topological polar surface area (TPSA) is 73.9 Å². The van der Waals surface area contributed by atoms with Crippen LogP contribution in [0.15, 0.2) is 10.5 Å². The van der Waals surface area contributed by atoms with Gasteiger partial charge in [0.2, 0.25) is 6.79 Å². The number of hydrogen-bond donors (Lipinski definition) is 2. The molecule has 1 aromatic carbocycles. The van der Waals surface area contributed by atoms with Crippen LogP contribution in [0.4, 0.5) is 0 Å². The van der Waals surface area contributed by atoms with Gasteiger partial charge in [-0.05, 0) is 15.9 Å². The minimum absolute atomic E-state index is 0.153. The second kappa shape index (κ2) is 4.48. The van der Waals surface area contributed by atoms with E-state index in [1.54, 1.807) is 6.07 Å². The highest BCUT2D eigenvalue weighted by atomic mass is 79.9. The zero-order valence-corrected chi connectivity index (χ0v) is 10.3. The van der Waals surface area contributed by atoms with Gasteiger partial charge in [0, 0.05) is 6.07 Å². The van der Waals surface area contributed by atoms with Crippen molar-refractivity contribution in [2.24, 2.45) is 5.73 Å². The first kappa shape index (κ1) is 11.5. The third-order valence-electron chi connectivity index (χ3n) is 2.38. The summed E-state index contributed by atoms with van der Waals surface area (Å²) in [7, 11) is 1.54. The standard InChI is InChI=1S/C10H12BrNO4/c1-14-9-5(11)2-7-10(16-4-15-7)8(9)6(12)3-13/h2,6,13H,3-4,12H2,1H3. The highest BCUT2D eigenvalue weighted by Gasteiger charge is 2.27. The van der Waals surface area contributed by atoms with Crippen LogP contribution in [-0.2, 0) is 0 Å². The van der Waals surface area contributed by atoms with E-state index in [-0.39, 0.29) is 13.4 Å². The predicted molar refractivity (Wildman–Crippen MR) is 60.8 cm³/mol. The van der Waals surface area contributed by atoms with Crippen molar-refractivity contribution in [3.63, 3.8) is 0 Å². The third kappa shape index (κ3) is 1.73. The van der Waals surface area contributed by atoms with Crippen molar-refractivity contribution in [2.75, 3.05) is 20.5 Å². The summed E-state index contributed by atoms with van der Waals surface area (Å²) < 4.78 is 16.6. The number of fused-ring (bicyclic) bond motifs is 1. The molecule has 1 unspecified atom stereocenters. The molecule has 0 fully saturated rings. The van der Waals surface area contributed by atoms with Crippen LogP contribution in [0.5, 0.6) is 17.2 Å². The molecule has 0 spiro atoms. The number of rotatable bonds is 3. The van der Waals surface area contributed by atoms with Gasteiger partial charge in [0.05, 0.1) is 29.8 Å². The van der Waals surface area contributed by atoms with Gasteiger partial charge in [0.1, 0.15) is 5.75 Å². The lowest BCUT2D eigenvalue weighted by Gasteiger charge is -2.17. The number of aliphatic hydroxyl groups excluding tert-OH is 1. The molecule has 1 atom stereocenters. The van der Waals surface area contributed by atoms with E-state index < -0.39 is 6.04 Å². The van der Waals surface area contributed by atoms with Crippen molar-refractivity contribution >= 4 is 15.9 Å². The minimum atomic E-state index is -0.567. The third-order valence-corrected chi connectivity index (χ3v) is 2.97. The highest BCUT2D eigenvalue weighted by Crippen LogP contribution is 2.47. The lowest BCUT2D eigenvalue weighted by atomic mass is 10.1. The van der Waals surface area contributed by atoms with Gasteiger partial charge >= 0.3 is 0 Å². The van der Waals surface area contributed by atoms with Crippen molar-refractivity contribution in [1.82, 2.24) is 0 Å². The van der Waals surface area contributed by atoms with Crippen molar-refractivity contribution in [2.45, 2.75) is 6.04 Å². The zero-order valence-electron chi connectivity index (χ0n) is 8.70. The summed E-state index contributed by atoms with van der Waals surface area (Å²) in [5.41, 5.74) is 6.44. The summed E-state index contributed by atoms with van der Waals surface area (Å²) in [6.07, 6.45) is 0. The van der Waals surface area contributed by atoms with E-state index >= 15 is 0 Å². The van der Waals surface area contributed by atoms with Crippen molar-refractivity contribution in [1.29, 1.82) is 0 Å². The summed E-state index contributed by atoms with van der Waals surface area (Å²) in [6, 6.07) is 1.19. The van der Waals surface area contributed by atoms with Crippen LogP contribution < -0.4 is 19.9 Å². The van der Waals surface area contributed by atoms with Crippen LogP contribution in [0.3, 0.4) is 0 Å². The Morgan fingerprint density at radius 3 is 3.00 bits per heavy atom. The van der Waals surface area contributed by atoms with Gasteiger partial charge in [-0.3, -0.25) is 0 Å². The lowest BCUT2D eigenvalue weighted by Crippen LogP contribution is -2.16. The van der Waals surface area contributed by atoms with Crippen molar-refractivity contribution in [3.05, 3.63) is 16.1 Å². The number of nitrogens with two attached hydrogens (primary N) is 1. The van der Waals surface area contributed by atoms with Crippen LogP contribution in [0.1, 0.15) is 11.6 Å². The first-order valence-corrected chi connectivity index (χ1v) is 5.50. The molecule has 3 N–H and O–H groups in total. The van der Waals surface area contributed by atoms with E-state index in [1.807, 2.05) is 0 Å². The van der Waals surface area contributed by atoms with Gasteiger partial charge in [-0.25, -0.2) is 0 Å². The molecule has 88 valence electrons. The van der Waals surface area contributed by atoms with E-state index in [9.17, 15) is 0 Å². The molecule has 0 saturated carbocycles. The van der Waals surface area contributed by atoms with Gasteiger partial charge in [0.15, 0.2) is 11.5 Å². The summed E-state index contributed by atoms with van der Waals surface area (Å²) in [5, 5.41) is 9.14. The molecule has 0 saturated heterocycles. The summed E-state index contributed by atoms with van der Waals surface area (Å²) in [6.45, 7) is -0.0390. The van der Waals surface area contributed by atoms with Gasteiger partial charge in [-0.1, -0.05) is 0 Å². The fraction of sp³-hybridized carbons (Fsp3) is 0.400. The Balaban J connectivity index is 2.61. The molecule has 0 amide bonds. The first-order valence-electron chi connectivity index (χ1n) is 4.71. The van der Waals surface area contributed by atoms with Gasteiger partial charge in [0.25, 0.3) is 0 Å². The molecule has 0 aromatic heterocycles. The monoisotopic (exact) mass is 289 g/mol. The average molecular weight is 290 g/mol. The van der Waals surface area contributed by atoms with E-state index in [2.05, 4.69) is 15.9 Å². The molecule has 1 aromatic rings. The smallest absolute Gasteiger partial charge is 0.231 e. The summed E-state index contributed by atoms with van der Waals surface area (Å²) in [4.78, 5) is 0. The molecular weight excluding hydrogens is 278 g/mol. The van der Waals surface area contributed by atoms with E-state index in [0.717, 1.165) is 4.47 Å². The number of aliphatic hydroxyl groups is 1. The maximum atomic E-state index is 9.14. The highest BCUT2D eigenvalue weighted by molar-refractivity contribution is 9.10. The SMILES string of the molecule is COc1c(Br)cc2c(c1C(N)CO)OCO2. The Kier molecular flexibility index (Phi) is 3.22. The molecule has 0 aliphatic carbocycles. The second-order valence-electron chi connectivity index (χ2n) is 3.33. The van der Waals surface area contributed by atoms with E-state index in [0.29, 0.717) is 22.8 Å². The molecule has 0 bridgehead atoms. The zero-order chi connectivity index (χ0) is 11.7. The van der Waals surface area contributed by atoms with Crippen molar-refractivity contribution in [3.8, 4) is 17.2 Å². The fourth-order valence-electron chi connectivity index (χ4n) is 1.65. The quantitative estimate of drug-likeness (QED) is 0.874. The van der Waals surface area contributed by atoms with Gasteiger partial charge in [-0.15, -0.1) is 0 Å². The summed E-state index contributed by atoms with van der Waals surface area (Å²) in [5.74, 6) is 1.71. The molecule has 6 heteroatoms. The van der Waals surface area contributed by atoms with Crippen LogP contribution in [-0.4, -0.2) is 25.6 Å². The maximum absolute atomic E-state index is 9.14. The lowest BCUT2D eigenvalue weighted by molar-refractivity contribution is 0.171. The van der Waals surface area contributed by atoms with E-state index in [4.69, 9.17) is 25.1 Å². The number of hydrogen-bond acceptors (Lipinski definition) is 5.